The second-order valence-electron chi connectivity index (χ2n) is 4.25. The van der Waals surface area contributed by atoms with E-state index in [1.165, 1.54) is 4.88 Å². The van der Waals surface area contributed by atoms with E-state index in [0.717, 1.165) is 17.1 Å². The van der Waals surface area contributed by atoms with Gasteiger partial charge in [-0.15, -0.1) is 11.3 Å². The Kier molecular flexibility index (Phi) is 3.32. The van der Waals surface area contributed by atoms with E-state index in [0.29, 0.717) is 5.92 Å². The van der Waals surface area contributed by atoms with Gasteiger partial charge in [-0.1, -0.05) is 20.3 Å². The fourth-order valence-corrected chi connectivity index (χ4v) is 2.43. The molecule has 0 saturated heterocycles. The van der Waals surface area contributed by atoms with Gasteiger partial charge >= 0.3 is 0 Å². The lowest BCUT2D eigenvalue weighted by Gasteiger charge is -2.28. The minimum atomic E-state index is -0.279. The molecule has 0 radical (unpaired) electrons. The number of nitrogens with zero attached hydrogens (tertiary/aromatic N) is 1. The lowest BCUT2D eigenvalue weighted by atomic mass is 9.87. The Hall–Kier alpha value is -0.410. The highest BCUT2D eigenvalue weighted by atomic mass is 32.1. The summed E-state index contributed by atoms with van der Waals surface area (Å²) in [7, 11) is 0. The Morgan fingerprint density at radius 3 is 2.43 bits per heavy atom. The maximum atomic E-state index is 6.32. The number of aromatic nitrogens is 1. The largest absolute Gasteiger partial charge is 0.319 e. The minimum absolute atomic E-state index is 0.279. The van der Waals surface area contributed by atoms with E-state index in [4.69, 9.17) is 5.73 Å². The number of nitrogens with two attached hydrogens (primary N) is 1. The van der Waals surface area contributed by atoms with E-state index in [9.17, 15) is 0 Å². The van der Waals surface area contributed by atoms with Crippen LogP contribution >= 0.6 is 11.3 Å². The summed E-state index contributed by atoms with van der Waals surface area (Å²) in [6.45, 7) is 10.6. The van der Waals surface area contributed by atoms with Crippen molar-refractivity contribution in [3.8, 4) is 0 Å². The van der Waals surface area contributed by atoms with E-state index >= 15 is 0 Å². The third-order valence-electron chi connectivity index (χ3n) is 3.13. The minimum Gasteiger partial charge on any atom is -0.319 e. The molecule has 2 unspecified atom stereocenters. The molecule has 1 heterocycles. The Morgan fingerprint density at radius 1 is 1.50 bits per heavy atom. The zero-order chi connectivity index (χ0) is 10.9. The first-order valence-corrected chi connectivity index (χ1v) is 5.94. The van der Waals surface area contributed by atoms with Crippen LogP contribution in [0.4, 0.5) is 0 Å². The molecular weight excluding hydrogens is 192 g/mol. The van der Waals surface area contributed by atoms with Crippen LogP contribution in [0.3, 0.4) is 0 Å². The molecule has 0 aliphatic rings. The molecular formula is C11H20N2S. The summed E-state index contributed by atoms with van der Waals surface area (Å²) in [5, 5.41) is 1.07. The smallest absolute Gasteiger partial charge is 0.113 e. The van der Waals surface area contributed by atoms with Gasteiger partial charge in [0.2, 0.25) is 0 Å². The number of hydrogen-bond acceptors (Lipinski definition) is 3. The third kappa shape index (κ3) is 1.98. The molecule has 2 N–H and O–H groups in total. The number of aryl methyl sites for hydroxylation is 2. The molecule has 0 bridgehead atoms. The van der Waals surface area contributed by atoms with Crippen LogP contribution in [0, 0.1) is 19.8 Å². The maximum Gasteiger partial charge on any atom is 0.113 e. The van der Waals surface area contributed by atoms with Crippen LogP contribution in [0.15, 0.2) is 0 Å². The number of thiazole rings is 1. The van der Waals surface area contributed by atoms with Crippen molar-refractivity contribution in [1.82, 2.24) is 4.98 Å². The summed E-state index contributed by atoms with van der Waals surface area (Å²) in [6, 6.07) is 0. The van der Waals surface area contributed by atoms with Crippen LogP contribution in [0.1, 0.15) is 42.8 Å². The molecule has 1 aromatic rings. The van der Waals surface area contributed by atoms with Gasteiger partial charge in [0.15, 0.2) is 0 Å². The fraction of sp³-hybridized carbons (Fsp3) is 0.727. The van der Waals surface area contributed by atoms with Crippen molar-refractivity contribution in [1.29, 1.82) is 0 Å². The van der Waals surface area contributed by atoms with Crippen molar-refractivity contribution in [2.75, 3.05) is 0 Å². The normalized spacial score (nSPS) is 17.9. The highest BCUT2D eigenvalue weighted by Crippen LogP contribution is 2.32. The Bertz CT molecular complexity index is 296. The van der Waals surface area contributed by atoms with Gasteiger partial charge in [0, 0.05) is 4.88 Å². The van der Waals surface area contributed by atoms with Crippen molar-refractivity contribution in [3.63, 3.8) is 0 Å². The third-order valence-corrected chi connectivity index (χ3v) is 4.45. The van der Waals surface area contributed by atoms with Gasteiger partial charge in [-0.05, 0) is 26.7 Å². The topological polar surface area (TPSA) is 38.9 Å². The average Bonchev–Trinajstić information content (AvgIpc) is 2.46. The first-order chi connectivity index (χ1) is 6.39. The van der Waals surface area contributed by atoms with Gasteiger partial charge in [-0.2, -0.15) is 0 Å². The second kappa shape index (κ2) is 3.99. The van der Waals surface area contributed by atoms with Gasteiger partial charge < -0.3 is 5.73 Å². The van der Waals surface area contributed by atoms with Crippen LogP contribution in [0.5, 0.6) is 0 Å². The van der Waals surface area contributed by atoms with Crippen molar-refractivity contribution < 1.29 is 0 Å². The SMILES string of the molecule is CCC(C)C(C)(N)c1nc(C)c(C)s1. The predicted molar refractivity (Wildman–Crippen MR) is 62.6 cm³/mol. The van der Waals surface area contributed by atoms with Crippen LogP contribution in [-0.2, 0) is 5.54 Å². The molecule has 1 aromatic heterocycles. The van der Waals surface area contributed by atoms with Crippen LogP contribution in [0.2, 0.25) is 0 Å². The summed E-state index contributed by atoms with van der Waals surface area (Å²) in [5.74, 6) is 0.465. The quantitative estimate of drug-likeness (QED) is 0.836. The van der Waals surface area contributed by atoms with E-state index in [1.807, 2.05) is 6.92 Å². The molecule has 0 saturated carbocycles. The Labute approximate surface area is 90.6 Å². The highest BCUT2D eigenvalue weighted by Gasteiger charge is 2.30. The van der Waals surface area contributed by atoms with E-state index < -0.39 is 0 Å². The standard InChI is InChI=1S/C11H20N2S/c1-6-7(2)11(5,12)10-13-8(3)9(4)14-10/h7H,6,12H2,1-5H3. The van der Waals surface area contributed by atoms with Gasteiger partial charge in [0.25, 0.3) is 0 Å². The lowest BCUT2D eigenvalue weighted by molar-refractivity contribution is 0.314. The van der Waals surface area contributed by atoms with Gasteiger partial charge in [-0.3, -0.25) is 0 Å². The Morgan fingerprint density at radius 2 is 2.07 bits per heavy atom. The van der Waals surface area contributed by atoms with Gasteiger partial charge in [0.1, 0.15) is 5.01 Å². The lowest BCUT2D eigenvalue weighted by Crippen LogP contribution is -2.39. The monoisotopic (exact) mass is 212 g/mol. The van der Waals surface area contributed by atoms with Crippen molar-refractivity contribution in [2.24, 2.45) is 11.7 Å². The van der Waals surface area contributed by atoms with Gasteiger partial charge in [-0.25, -0.2) is 4.98 Å². The zero-order valence-corrected chi connectivity index (χ0v) is 10.5. The fourth-order valence-electron chi connectivity index (χ4n) is 1.34. The molecule has 14 heavy (non-hydrogen) atoms. The molecule has 0 amide bonds. The molecule has 0 aliphatic carbocycles. The number of hydrogen-bond donors (Lipinski definition) is 1. The predicted octanol–water partition coefficient (Wildman–Crippen LogP) is 2.98. The van der Waals surface area contributed by atoms with E-state index in [1.54, 1.807) is 11.3 Å². The summed E-state index contributed by atoms with van der Waals surface area (Å²) in [6.07, 6.45) is 1.09. The number of rotatable bonds is 3. The molecule has 1 rings (SSSR count). The molecule has 0 spiro atoms. The molecule has 0 fully saturated rings. The van der Waals surface area contributed by atoms with E-state index in [2.05, 4.69) is 32.7 Å². The molecule has 0 aliphatic heterocycles. The molecule has 2 nitrogen and oxygen atoms in total. The van der Waals surface area contributed by atoms with Crippen LogP contribution in [-0.4, -0.2) is 4.98 Å². The first-order valence-electron chi connectivity index (χ1n) is 5.13. The summed E-state index contributed by atoms with van der Waals surface area (Å²) < 4.78 is 0. The molecule has 2 atom stereocenters. The van der Waals surface area contributed by atoms with Crippen LogP contribution in [0.25, 0.3) is 0 Å². The first kappa shape index (κ1) is 11.7. The summed E-state index contributed by atoms with van der Waals surface area (Å²) in [4.78, 5) is 5.82. The van der Waals surface area contributed by atoms with Crippen molar-refractivity contribution in [2.45, 2.75) is 46.6 Å². The molecule has 3 heteroatoms. The van der Waals surface area contributed by atoms with Crippen molar-refractivity contribution in [3.05, 3.63) is 15.6 Å². The van der Waals surface area contributed by atoms with Crippen LogP contribution < -0.4 is 5.73 Å². The Balaban J connectivity index is 3.03. The average molecular weight is 212 g/mol. The molecule has 80 valence electrons. The molecule has 0 aromatic carbocycles. The van der Waals surface area contributed by atoms with E-state index in [-0.39, 0.29) is 5.54 Å². The zero-order valence-electron chi connectivity index (χ0n) is 9.72. The van der Waals surface area contributed by atoms with Gasteiger partial charge in [0.05, 0.1) is 11.2 Å². The maximum absolute atomic E-state index is 6.32. The summed E-state index contributed by atoms with van der Waals surface area (Å²) in [5.41, 5.74) is 7.16. The highest BCUT2D eigenvalue weighted by molar-refractivity contribution is 7.11. The summed E-state index contributed by atoms with van der Waals surface area (Å²) >= 11 is 1.73. The van der Waals surface area contributed by atoms with Crippen molar-refractivity contribution >= 4 is 11.3 Å². The second-order valence-corrected chi connectivity index (χ2v) is 5.46.